The van der Waals surface area contributed by atoms with Crippen LogP contribution < -0.4 is 9.80 Å². The van der Waals surface area contributed by atoms with Gasteiger partial charge in [-0.25, -0.2) is 19.9 Å². The van der Waals surface area contributed by atoms with Gasteiger partial charge in [-0.15, -0.1) is 0 Å². The predicted molar refractivity (Wildman–Crippen MR) is 124 cm³/mol. The summed E-state index contributed by atoms with van der Waals surface area (Å²) in [5, 5.41) is 0. The molecule has 3 aromatic heterocycles. The first-order valence-electron chi connectivity index (χ1n) is 11.9. The highest BCUT2D eigenvalue weighted by molar-refractivity contribution is 5.63. The summed E-state index contributed by atoms with van der Waals surface area (Å²) in [6.07, 6.45) is -5.58. The van der Waals surface area contributed by atoms with Gasteiger partial charge in [-0.2, -0.15) is 26.3 Å². The number of fused-ring (bicyclic) bond motifs is 1. The first kappa shape index (κ1) is 25.2. The quantitative estimate of drug-likeness (QED) is 0.433. The predicted octanol–water partition coefficient (Wildman–Crippen LogP) is 5.37. The number of anilines is 2. The maximum atomic E-state index is 13.7. The fourth-order valence-electron chi connectivity index (χ4n) is 4.89. The van der Waals surface area contributed by atoms with E-state index < -0.39 is 23.6 Å². The standard InChI is InChI=1S/C25H23F6N6/c1-15-5-4-12-37(15)23-34-18-10-14-36(22-17(24(26,27)28)6-3-11-32-22)13-9-16(18)21(35-23)19-7-2-8-20(33-19)25(29,30)31/h2-3,6,8,11,15H,4-5,9-10,12-14H2,1H3. The normalized spacial score (nSPS) is 18.6. The van der Waals surface area contributed by atoms with Crippen LogP contribution in [0.15, 0.2) is 30.5 Å². The average Bonchev–Trinajstić information content (AvgIpc) is 3.17. The zero-order chi connectivity index (χ0) is 26.4. The van der Waals surface area contributed by atoms with Gasteiger partial charge in [-0.3, -0.25) is 0 Å². The summed E-state index contributed by atoms with van der Waals surface area (Å²) in [4.78, 5) is 20.7. The Balaban J connectivity index is 1.58. The molecule has 1 radical (unpaired) electrons. The molecule has 37 heavy (non-hydrogen) atoms. The Labute approximate surface area is 209 Å². The van der Waals surface area contributed by atoms with Crippen molar-refractivity contribution in [2.75, 3.05) is 29.4 Å². The van der Waals surface area contributed by atoms with Crippen molar-refractivity contribution >= 4 is 11.8 Å². The summed E-state index contributed by atoms with van der Waals surface area (Å²) in [5.41, 5.74) is -0.604. The van der Waals surface area contributed by atoms with Crippen LogP contribution in [0.2, 0.25) is 0 Å². The number of rotatable bonds is 3. The number of alkyl halides is 6. The Hall–Kier alpha value is -3.44. The molecule has 5 heterocycles. The van der Waals surface area contributed by atoms with Gasteiger partial charge >= 0.3 is 12.4 Å². The van der Waals surface area contributed by atoms with E-state index in [-0.39, 0.29) is 49.2 Å². The SMILES string of the molecule is CC1CCCN1c1nc2c(c(-c3[c]ccc(C(F)(F)F)n3)n1)CCN(c1ncccc1C(F)(F)F)CC2. The van der Waals surface area contributed by atoms with Crippen LogP contribution >= 0.6 is 0 Å². The minimum Gasteiger partial charge on any atom is -0.355 e. The van der Waals surface area contributed by atoms with Gasteiger partial charge in [0.15, 0.2) is 0 Å². The van der Waals surface area contributed by atoms with Gasteiger partial charge in [0.2, 0.25) is 5.95 Å². The molecule has 1 atom stereocenters. The third-order valence-corrected chi connectivity index (χ3v) is 6.74. The van der Waals surface area contributed by atoms with Crippen molar-refractivity contribution in [1.29, 1.82) is 0 Å². The summed E-state index contributed by atoms with van der Waals surface area (Å²) < 4.78 is 81.2. The molecule has 2 aliphatic heterocycles. The summed E-state index contributed by atoms with van der Waals surface area (Å²) >= 11 is 0. The van der Waals surface area contributed by atoms with E-state index in [4.69, 9.17) is 4.98 Å². The Morgan fingerprint density at radius 3 is 2.43 bits per heavy atom. The number of aromatic nitrogens is 4. The van der Waals surface area contributed by atoms with Gasteiger partial charge in [-0.1, -0.05) is 0 Å². The Bertz CT molecular complexity index is 1290. The van der Waals surface area contributed by atoms with E-state index in [9.17, 15) is 26.3 Å². The van der Waals surface area contributed by atoms with Crippen LogP contribution in [0.4, 0.5) is 38.1 Å². The monoisotopic (exact) mass is 521 g/mol. The highest BCUT2D eigenvalue weighted by Crippen LogP contribution is 2.37. The molecular formula is C25H23F6N6. The number of pyridine rings is 2. The van der Waals surface area contributed by atoms with Crippen LogP contribution in [0.1, 0.15) is 42.3 Å². The van der Waals surface area contributed by atoms with E-state index in [1.165, 1.54) is 17.2 Å². The van der Waals surface area contributed by atoms with Gasteiger partial charge < -0.3 is 9.80 Å². The average molecular weight is 521 g/mol. The Morgan fingerprint density at radius 2 is 1.73 bits per heavy atom. The molecule has 1 saturated heterocycles. The van der Waals surface area contributed by atoms with Gasteiger partial charge in [0.1, 0.15) is 11.5 Å². The van der Waals surface area contributed by atoms with Crippen molar-refractivity contribution in [2.24, 2.45) is 0 Å². The number of nitrogens with zero attached hydrogens (tertiary/aromatic N) is 6. The lowest BCUT2D eigenvalue weighted by Crippen LogP contribution is -2.29. The number of halogens is 6. The summed E-state index contributed by atoms with van der Waals surface area (Å²) in [6, 6.07) is 7.14. The molecule has 3 aromatic rings. The van der Waals surface area contributed by atoms with Crippen LogP contribution in [-0.4, -0.2) is 45.6 Å². The third-order valence-electron chi connectivity index (χ3n) is 6.74. The Kier molecular flexibility index (Phi) is 6.45. The van der Waals surface area contributed by atoms with Gasteiger partial charge in [0.25, 0.3) is 0 Å². The van der Waals surface area contributed by atoms with Crippen molar-refractivity contribution < 1.29 is 26.3 Å². The minimum absolute atomic E-state index is 0.0659. The van der Waals surface area contributed by atoms with Crippen molar-refractivity contribution in [1.82, 2.24) is 19.9 Å². The molecule has 0 aromatic carbocycles. The molecule has 6 nitrogen and oxygen atoms in total. The lowest BCUT2D eigenvalue weighted by Gasteiger charge is -2.24. The zero-order valence-electron chi connectivity index (χ0n) is 19.9. The van der Waals surface area contributed by atoms with Crippen LogP contribution in [0.25, 0.3) is 11.4 Å². The molecule has 0 aliphatic carbocycles. The van der Waals surface area contributed by atoms with E-state index in [1.807, 2.05) is 11.8 Å². The van der Waals surface area contributed by atoms with Crippen molar-refractivity contribution in [2.45, 2.75) is 51.0 Å². The molecule has 0 N–H and O–H groups in total. The second-order valence-corrected chi connectivity index (χ2v) is 9.16. The molecule has 5 rings (SSSR count). The molecule has 2 aliphatic rings. The van der Waals surface area contributed by atoms with E-state index >= 15 is 0 Å². The van der Waals surface area contributed by atoms with Crippen LogP contribution in [-0.2, 0) is 25.2 Å². The van der Waals surface area contributed by atoms with E-state index in [1.54, 1.807) is 0 Å². The summed E-state index contributed by atoms with van der Waals surface area (Å²) in [5.74, 6) is 0.197. The second-order valence-electron chi connectivity index (χ2n) is 9.16. The first-order valence-corrected chi connectivity index (χ1v) is 11.9. The molecule has 1 fully saturated rings. The minimum atomic E-state index is -4.65. The van der Waals surface area contributed by atoms with Gasteiger partial charge in [0.05, 0.1) is 22.6 Å². The highest BCUT2D eigenvalue weighted by atomic mass is 19.4. The van der Waals surface area contributed by atoms with Crippen molar-refractivity contribution in [3.8, 4) is 11.4 Å². The molecule has 12 heteroatoms. The molecule has 0 bridgehead atoms. The lowest BCUT2D eigenvalue weighted by molar-refractivity contribution is -0.141. The molecule has 0 spiro atoms. The van der Waals surface area contributed by atoms with Crippen molar-refractivity contribution in [3.05, 3.63) is 59.0 Å². The smallest absolute Gasteiger partial charge is 0.355 e. The van der Waals surface area contributed by atoms with Crippen molar-refractivity contribution in [3.63, 3.8) is 0 Å². The van der Waals surface area contributed by atoms with Crippen LogP contribution in [0.5, 0.6) is 0 Å². The highest BCUT2D eigenvalue weighted by Gasteiger charge is 2.37. The van der Waals surface area contributed by atoms with Crippen LogP contribution in [0, 0.1) is 6.07 Å². The number of hydrogen-bond acceptors (Lipinski definition) is 6. The molecular weight excluding hydrogens is 498 g/mol. The van der Waals surface area contributed by atoms with E-state index in [2.05, 4.69) is 21.0 Å². The first-order chi connectivity index (χ1) is 17.5. The van der Waals surface area contributed by atoms with E-state index in [0.29, 0.717) is 23.8 Å². The molecule has 1 unspecified atom stereocenters. The fraction of sp³-hybridized carbons (Fsp3) is 0.440. The maximum absolute atomic E-state index is 13.7. The lowest BCUT2D eigenvalue weighted by atomic mass is 10.0. The number of hydrogen-bond donors (Lipinski definition) is 0. The van der Waals surface area contributed by atoms with Gasteiger partial charge in [0, 0.05) is 49.9 Å². The van der Waals surface area contributed by atoms with Crippen LogP contribution in [0.3, 0.4) is 0 Å². The van der Waals surface area contributed by atoms with Gasteiger partial charge in [-0.05, 0) is 50.5 Å². The fourth-order valence-corrected chi connectivity index (χ4v) is 4.89. The maximum Gasteiger partial charge on any atom is 0.433 e. The molecule has 195 valence electrons. The topological polar surface area (TPSA) is 58.0 Å². The summed E-state index contributed by atoms with van der Waals surface area (Å²) in [7, 11) is 0. The zero-order valence-corrected chi connectivity index (χ0v) is 19.9. The largest absolute Gasteiger partial charge is 0.433 e. The Morgan fingerprint density at radius 1 is 0.946 bits per heavy atom. The second kappa shape index (κ2) is 9.46. The molecule has 0 saturated carbocycles. The molecule has 0 amide bonds. The third kappa shape index (κ3) is 5.05. The summed E-state index contributed by atoms with van der Waals surface area (Å²) in [6.45, 7) is 3.09. The van der Waals surface area contributed by atoms with E-state index in [0.717, 1.165) is 31.0 Å².